The van der Waals surface area contributed by atoms with Crippen LogP contribution >= 0.6 is 0 Å². The Morgan fingerprint density at radius 1 is 1.16 bits per heavy atom. The second-order valence-electron chi connectivity index (χ2n) is 7.50. The highest BCUT2D eigenvalue weighted by molar-refractivity contribution is 4.96. The van der Waals surface area contributed by atoms with Gasteiger partial charge in [0.05, 0.1) is 0 Å². The van der Waals surface area contributed by atoms with Crippen molar-refractivity contribution in [3.63, 3.8) is 0 Å². The molecule has 0 aromatic rings. The van der Waals surface area contributed by atoms with Gasteiger partial charge in [0.2, 0.25) is 0 Å². The largest absolute Gasteiger partial charge is 0.316 e. The quantitative estimate of drug-likeness (QED) is 0.740. The highest BCUT2D eigenvalue weighted by Crippen LogP contribution is 2.42. The van der Waals surface area contributed by atoms with Crippen molar-refractivity contribution >= 4 is 0 Å². The summed E-state index contributed by atoms with van der Waals surface area (Å²) in [5, 5.41) is 3.74. The molecule has 2 atom stereocenters. The molecular weight excluding hydrogens is 232 g/mol. The van der Waals surface area contributed by atoms with Crippen molar-refractivity contribution in [3.8, 4) is 0 Å². The Balaban J connectivity index is 1.58. The molecule has 19 heavy (non-hydrogen) atoms. The molecule has 2 nitrogen and oxygen atoms in total. The normalized spacial score (nSPS) is 33.9. The van der Waals surface area contributed by atoms with Crippen molar-refractivity contribution in [2.45, 2.75) is 70.8 Å². The van der Waals surface area contributed by atoms with Gasteiger partial charge in [-0.25, -0.2) is 0 Å². The summed E-state index contributed by atoms with van der Waals surface area (Å²) in [4.78, 5) is 2.87. The lowest BCUT2D eigenvalue weighted by Gasteiger charge is -2.43. The molecule has 110 valence electrons. The minimum absolute atomic E-state index is 0.609. The van der Waals surface area contributed by atoms with E-state index in [0.29, 0.717) is 5.41 Å². The lowest BCUT2D eigenvalue weighted by atomic mass is 9.73. The number of likely N-dealkylation sites (tertiary alicyclic amines) is 1. The second-order valence-corrected chi connectivity index (χ2v) is 7.50. The van der Waals surface area contributed by atoms with Gasteiger partial charge < -0.3 is 5.32 Å². The van der Waals surface area contributed by atoms with Crippen LogP contribution in [-0.2, 0) is 0 Å². The van der Waals surface area contributed by atoms with Gasteiger partial charge in [-0.05, 0) is 56.4 Å². The summed E-state index contributed by atoms with van der Waals surface area (Å²) in [7, 11) is 0. The molecule has 1 aliphatic heterocycles. The van der Waals surface area contributed by atoms with Crippen molar-refractivity contribution in [2.75, 3.05) is 26.2 Å². The third-order valence-corrected chi connectivity index (χ3v) is 5.90. The minimum atomic E-state index is 0.609. The van der Waals surface area contributed by atoms with Crippen molar-refractivity contribution in [3.05, 3.63) is 0 Å². The van der Waals surface area contributed by atoms with Crippen LogP contribution in [0.5, 0.6) is 0 Å². The van der Waals surface area contributed by atoms with E-state index < -0.39 is 0 Å². The Kier molecular flexibility index (Phi) is 4.48. The van der Waals surface area contributed by atoms with E-state index in [2.05, 4.69) is 17.1 Å². The number of nitrogens with zero attached hydrogens (tertiary/aromatic N) is 1. The van der Waals surface area contributed by atoms with Crippen LogP contribution in [0.2, 0.25) is 0 Å². The lowest BCUT2D eigenvalue weighted by Crippen LogP contribution is -2.47. The SMILES string of the molecule is CCCNCC1(CN2CC3CCC2C3)CCCCC1. The third kappa shape index (κ3) is 3.16. The molecule has 1 heterocycles. The summed E-state index contributed by atoms with van der Waals surface area (Å²) in [6.45, 7) is 7.56. The van der Waals surface area contributed by atoms with Crippen LogP contribution in [0.25, 0.3) is 0 Å². The molecule has 3 fully saturated rings. The Morgan fingerprint density at radius 2 is 2.00 bits per heavy atom. The van der Waals surface area contributed by atoms with Gasteiger partial charge in [0.15, 0.2) is 0 Å². The van der Waals surface area contributed by atoms with E-state index in [1.807, 2.05) is 0 Å². The Morgan fingerprint density at radius 3 is 2.63 bits per heavy atom. The molecule has 0 aromatic heterocycles. The first-order valence-corrected chi connectivity index (χ1v) is 8.76. The summed E-state index contributed by atoms with van der Waals surface area (Å²) in [6.07, 6.45) is 13.1. The molecule has 1 N–H and O–H groups in total. The van der Waals surface area contributed by atoms with E-state index >= 15 is 0 Å². The third-order valence-electron chi connectivity index (χ3n) is 5.90. The van der Waals surface area contributed by atoms with Gasteiger partial charge >= 0.3 is 0 Å². The van der Waals surface area contributed by atoms with Gasteiger partial charge in [-0.3, -0.25) is 4.90 Å². The zero-order valence-corrected chi connectivity index (χ0v) is 12.8. The number of hydrogen-bond acceptors (Lipinski definition) is 2. The summed E-state index contributed by atoms with van der Waals surface area (Å²) >= 11 is 0. The number of hydrogen-bond donors (Lipinski definition) is 1. The van der Waals surface area contributed by atoms with E-state index in [1.54, 1.807) is 0 Å². The first-order valence-electron chi connectivity index (χ1n) is 8.76. The maximum atomic E-state index is 3.74. The summed E-state index contributed by atoms with van der Waals surface area (Å²) in [5.74, 6) is 1.05. The fourth-order valence-corrected chi connectivity index (χ4v) is 4.87. The van der Waals surface area contributed by atoms with Gasteiger partial charge in [-0.2, -0.15) is 0 Å². The van der Waals surface area contributed by atoms with Crippen LogP contribution in [0, 0.1) is 11.3 Å². The highest BCUT2D eigenvalue weighted by atomic mass is 15.2. The topological polar surface area (TPSA) is 15.3 Å². The molecule has 0 spiro atoms. The van der Waals surface area contributed by atoms with E-state index in [4.69, 9.17) is 0 Å². The number of rotatable bonds is 6. The smallest absolute Gasteiger partial charge is 0.00988 e. The van der Waals surface area contributed by atoms with E-state index in [1.165, 1.54) is 84.0 Å². The number of fused-ring (bicyclic) bond motifs is 2. The molecule has 2 aliphatic carbocycles. The summed E-state index contributed by atoms with van der Waals surface area (Å²) < 4.78 is 0. The molecule has 1 saturated heterocycles. The van der Waals surface area contributed by atoms with E-state index in [9.17, 15) is 0 Å². The second kappa shape index (κ2) is 6.13. The van der Waals surface area contributed by atoms with Gasteiger partial charge in [0, 0.05) is 25.7 Å². The van der Waals surface area contributed by atoms with Crippen LogP contribution in [-0.4, -0.2) is 37.1 Å². The lowest BCUT2D eigenvalue weighted by molar-refractivity contribution is 0.0828. The highest BCUT2D eigenvalue weighted by Gasteiger charge is 2.42. The fraction of sp³-hybridized carbons (Fsp3) is 1.00. The Labute approximate surface area is 119 Å². The molecule has 0 amide bonds. The predicted molar refractivity (Wildman–Crippen MR) is 81.4 cm³/mol. The maximum Gasteiger partial charge on any atom is 0.00988 e. The van der Waals surface area contributed by atoms with Crippen molar-refractivity contribution in [1.82, 2.24) is 10.2 Å². The number of piperidine rings is 1. The molecule has 0 radical (unpaired) electrons. The molecular formula is C17H32N2. The van der Waals surface area contributed by atoms with Gasteiger partial charge in [0.1, 0.15) is 0 Å². The van der Waals surface area contributed by atoms with Crippen molar-refractivity contribution in [1.29, 1.82) is 0 Å². The average molecular weight is 264 g/mol. The van der Waals surface area contributed by atoms with Crippen LogP contribution in [0.4, 0.5) is 0 Å². The van der Waals surface area contributed by atoms with Gasteiger partial charge in [-0.1, -0.05) is 26.2 Å². The molecule has 0 aromatic carbocycles. The predicted octanol–water partition coefficient (Wildman–Crippen LogP) is 3.42. The fourth-order valence-electron chi connectivity index (χ4n) is 4.87. The average Bonchev–Trinajstić information content (AvgIpc) is 3.02. The van der Waals surface area contributed by atoms with Gasteiger partial charge in [-0.15, -0.1) is 0 Å². The first-order chi connectivity index (χ1) is 9.31. The Bertz CT molecular complexity index is 283. The molecule has 2 saturated carbocycles. The summed E-state index contributed by atoms with van der Waals surface area (Å²) in [5.41, 5.74) is 0.609. The molecule has 3 aliphatic rings. The first kappa shape index (κ1) is 13.9. The summed E-state index contributed by atoms with van der Waals surface area (Å²) in [6, 6.07) is 0.954. The zero-order chi connectivity index (χ0) is 13.1. The van der Waals surface area contributed by atoms with Crippen LogP contribution in [0.1, 0.15) is 64.7 Å². The van der Waals surface area contributed by atoms with E-state index in [0.717, 1.165) is 12.0 Å². The molecule has 2 heteroatoms. The molecule has 3 rings (SSSR count). The minimum Gasteiger partial charge on any atom is -0.316 e. The zero-order valence-electron chi connectivity index (χ0n) is 12.8. The maximum absolute atomic E-state index is 3.74. The number of nitrogens with one attached hydrogen (secondary N) is 1. The molecule has 2 unspecified atom stereocenters. The van der Waals surface area contributed by atoms with E-state index in [-0.39, 0.29) is 0 Å². The van der Waals surface area contributed by atoms with Crippen LogP contribution < -0.4 is 5.32 Å². The van der Waals surface area contributed by atoms with Gasteiger partial charge in [0.25, 0.3) is 0 Å². The van der Waals surface area contributed by atoms with Crippen LogP contribution in [0.3, 0.4) is 0 Å². The van der Waals surface area contributed by atoms with Crippen LogP contribution in [0.15, 0.2) is 0 Å². The Hall–Kier alpha value is -0.0800. The standard InChI is InChI=1S/C17H32N2/c1-2-10-18-13-17(8-4-3-5-9-17)14-19-12-15-6-7-16(19)11-15/h15-16,18H,2-14H2,1H3. The van der Waals surface area contributed by atoms with Crippen molar-refractivity contribution < 1.29 is 0 Å². The molecule has 2 bridgehead atoms. The van der Waals surface area contributed by atoms with Crippen molar-refractivity contribution in [2.24, 2.45) is 11.3 Å². The monoisotopic (exact) mass is 264 g/mol.